The van der Waals surface area contributed by atoms with Crippen molar-refractivity contribution in [2.45, 2.75) is 0 Å². The van der Waals surface area contributed by atoms with Gasteiger partial charge in [0.1, 0.15) is 0 Å². The molecule has 0 aromatic heterocycles. The summed E-state index contributed by atoms with van der Waals surface area (Å²) in [7, 11) is 0. The minimum absolute atomic E-state index is 0.0623. The Bertz CT molecular complexity index is 114. The van der Waals surface area contributed by atoms with Gasteiger partial charge in [0, 0.05) is 17.8 Å². The Labute approximate surface area is 56.0 Å². The lowest BCUT2D eigenvalue weighted by Crippen LogP contribution is -2.15. The highest BCUT2D eigenvalue weighted by Gasteiger charge is 1.75. The smallest absolute Gasteiger partial charge is 0.0612 e. The van der Waals surface area contributed by atoms with Crippen LogP contribution in [-0.4, -0.2) is 27.0 Å². The van der Waals surface area contributed by atoms with Crippen molar-refractivity contribution in [2.24, 2.45) is 0 Å². The molecule has 0 spiro atoms. The number of hydrogen-bond acceptors (Lipinski definition) is 3. The summed E-state index contributed by atoms with van der Waals surface area (Å²) < 4.78 is 21.6. The fourth-order valence-corrected chi connectivity index (χ4v) is 0.506. The monoisotopic (exact) mass is 150 g/mol. The van der Waals surface area contributed by atoms with Crippen LogP contribution in [0, 0.1) is 0 Å². The van der Waals surface area contributed by atoms with E-state index in [-0.39, 0.29) is 13.2 Å². The molecule has 0 aliphatic carbocycles. The molecule has 1 atom stereocenters. The molecule has 5 heteroatoms. The van der Waals surface area contributed by atoms with E-state index in [2.05, 4.69) is 4.72 Å². The highest BCUT2D eigenvalue weighted by molar-refractivity contribution is 7.77. The number of hydrogen-bond donors (Lipinski definition) is 2. The second kappa shape index (κ2) is 5.90. The van der Waals surface area contributed by atoms with Gasteiger partial charge in [-0.3, -0.25) is 4.21 Å². The molecule has 0 heterocycles. The number of aliphatic hydroxyl groups is 1. The second-order valence-corrected chi connectivity index (χ2v) is 2.00. The minimum Gasteiger partial charge on any atom is -0.760 e. The molecule has 9 heavy (non-hydrogen) atoms. The van der Waals surface area contributed by atoms with Crippen LogP contribution in [0.5, 0.6) is 0 Å². The van der Waals surface area contributed by atoms with E-state index in [0.29, 0.717) is 0 Å². The molecular weight excluding hydrogens is 142 g/mol. The standard InChI is InChI=1S/C4H9NO3S/c6-4-2-1-3-5-9(7)8/h1-2,5-6H,3-4H2,(H,7,8)/p-1. The van der Waals surface area contributed by atoms with Crippen LogP contribution in [0.4, 0.5) is 0 Å². The Balaban J connectivity index is 3.09. The van der Waals surface area contributed by atoms with Crippen LogP contribution in [0.3, 0.4) is 0 Å². The molecule has 0 fully saturated rings. The van der Waals surface area contributed by atoms with Crippen molar-refractivity contribution in [2.75, 3.05) is 13.2 Å². The third kappa shape index (κ3) is 7.77. The fourth-order valence-electron chi connectivity index (χ4n) is 0.274. The van der Waals surface area contributed by atoms with E-state index in [4.69, 9.17) is 5.11 Å². The molecular formula is C4H8NO3S-. The molecule has 0 rings (SSSR count). The van der Waals surface area contributed by atoms with Crippen molar-refractivity contribution in [1.82, 2.24) is 4.72 Å². The fraction of sp³-hybridized carbons (Fsp3) is 0.500. The van der Waals surface area contributed by atoms with Crippen molar-refractivity contribution in [3.8, 4) is 0 Å². The van der Waals surface area contributed by atoms with Crippen LogP contribution in [-0.2, 0) is 11.3 Å². The summed E-state index contributed by atoms with van der Waals surface area (Å²) in [6.07, 6.45) is 2.98. The predicted octanol–water partition coefficient (Wildman–Crippen LogP) is -1.08. The van der Waals surface area contributed by atoms with Gasteiger partial charge in [0.2, 0.25) is 0 Å². The summed E-state index contributed by atoms with van der Waals surface area (Å²) in [6, 6.07) is 0. The Hall–Kier alpha value is -0.230. The first-order valence-corrected chi connectivity index (χ1v) is 3.43. The topological polar surface area (TPSA) is 72.4 Å². The number of rotatable bonds is 4. The minimum atomic E-state index is -2.20. The van der Waals surface area contributed by atoms with Gasteiger partial charge in [0.25, 0.3) is 0 Å². The first-order chi connectivity index (χ1) is 4.27. The van der Waals surface area contributed by atoms with Gasteiger partial charge in [-0.1, -0.05) is 12.2 Å². The molecule has 0 aliphatic heterocycles. The average molecular weight is 150 g/mol. The SMILES string of the molecule is O=S([O-])NCC=CCO. The summed E-state index contributed by atoms with van der Waals surface area (Å²) >= 11 is -2.20. The molecule has 0 saturated carbocycles. The lowest BCUT2D eigenvalue weighted by Gasteiger charge is -2.01. The number of nitrogens with one attached hydrogen (secondary N) is 1. The molecule has 1 unspecified atom stereocenters. The van der Waals surface area contributed by atoms with Crippen LogP contribution in [0.1, 0.15) is 0 Å². The molecule has 0 amide bonds. The Kier molecular flexibility index (Phi) is 5.75. The molecule has 0 radical (unpaired) electrons. The van der Waals surface area contributed by atoms with E-state index in [1.807, 2.05) is 0 Å². The van der Waals surface area contributed by atoms with Crippen LogP contribution < -0.4 is 4.72 Å². The van der Waals surface area contributed by atoms with Crippen molar-refractivity contribution < 1.29 is 13.9 Å². The largest absolute Gasteiger partial charge is 0.760 e. The first-order valence-electron chi connectivity index (χ1n) is 2.36. The maximum atomic E-state index is 9.75. The van der Waals surface area contributed by atoms with E-state index in [0.717, 1.165) is 0 Å². The molecule has 0 aliphatic rings. The Morgan fingerprint density at radius 2 is 2.33 bits per heavy atom. The van der Waals surface area contributed by atoms with Gasteiger partial charge in [-0.05, 0) is 0 Å². The van der Waals surface area contributed by atoms with Gasteiger partial charge in [0.15, 0.2) is 0 Å². The molecule has 0 bridgehead atoms. The van der Waals surface area contributed by atoms with Crippen LogP contribution in [0.15, 0.2) is 12.2 Å². The molecule has 54 valence electrons. The maximum Gasteiger partial charge on any atom is 0.0612 e. The maximum absolute atomic E-state index is 9.75. The van der Waals surface area contributed by atoms with Crippen molar-refractivity contribution in [3.63, 3.8) is 0 Å². The summed E-state index contributed by atoms with van der Waals surface area (Å²) in [5.41, 5.74) is 0. The average Bonchev–Trinajstić information content (AvgIpc) is 1.80. The second-order valence-electron chi connectivity index (χ2n) is 1.24. The van der Waals surface area contributed by atoms with Gasteiger partial charge < -0.3 is 9.66 Å². The van der Waals surface area contributed by atoms with Crippen molar-refractivity contribution in [3.05, 3.63) is 12.2 Å². The third-order valence-corrected chi connectivity index (χ3v) is 0.993. The molecule has 0 aromatic carbocycles. The van der Waals surface area contributed by atoms with Gasteiger partial charge in [-0.15, -0.1) is 0 Å². The highest BCUT2D eigenvalue weighted by atomic mass is 32.2. The van der Waals surface area contributed by atoms with Gasteiger partial charge in [-0.25, -0.2) is 4.72 Å². The molecule has 4 nitrogen and oxygen atoms in total. The van der Waals surface area contributed by atoms with E-state index in [1.165, 1.54) is 12.2 Å². The Morgan fingerprint density at radius 1 is 1.67 bits per heavy atom. The molecule has 0 saturated heterocycles. The van der Waals surface area contributed by atoms with Crippen LogP contribution in [0.25, 0.3) is 0 Å². The highest BCUT2D eigenvalue weighted by Crippen LogP contribution is 1.68. The van der Waals surface area contributed by atoms with E-state index in [9.17, 15) is 8.76 Å². The van der Waals surface area contributed by atoms with Gasteiger partial charge in [-0.2, -0.15) is 0 Å². The normalized spacial score (nSPS) is 14.4. The predicted molar refractivity (Wildman–Crippen MR) is 33.1 cm³/mol. The summed E-state index contributed by atoms with van der Waals surface area (Å²) in [6.45, 7) is 0.170. The van der Waals surface area contributed by atoms with Crippen molar-refractivity contribution in [1.29, 1.82) is 0 Å². The van der Waals surface area contributed by atoms with Crippen LogP contribution in [0.2, 0.25) is 0 Å². The quantitative estimate of drug-likeness (QED) is 0.395. The zero-order chi connectivity index (χ0) is 7.11. The van der Waals surface area contributed by atoms with Crippen molar-refractivity contribution >= 4 is 11.3 Å². The lowest BCUT2D eigenvalue weighted by molar-refractivity contribution is 0.342. The summed E-state index contributed by atoms with van der Waals surface area (Å²) in [5, 5.41) is 8.16. The van der Waals surface area contributed by atoms with Gasteiger partial charge in [0.05, 0.1) is 6.61 Å². The summed E-state index contributed by atoms with van der Waals surface area (Å²) in [4.78, 5) is 0. The first kappa shape index (κ1) is 8.77. The third-order valence-electron chi connectivity index (χ3n) is 0.591. The zero-order valence-electron chi connectivity index (χ0n) is 4.74. The number of aliphatic hydroxyl groups excluding tert-OH is 1. The zero-order valence-corrected chi connectivity index (χ0v) is 5.56. The van der Waals surface area contributed by atoms with E-state index >= 15 is 0 Å². The van der Waals surface area contributed by atoms with Gasteiger partial charge >= 0.3 is 0 Å². The van der Waals surface area contributed by atoms with Crippen LogP contribution >= 0.6 is 0 Å². The molecule has 2 N–H and O–H groups in total. The summed E-state index contributed by atoms with van der Waals surface area (Å²) in [5.74, 6) is 0. The Morgan fingerprint density at radius 3 is 2.78 bits per heavy atom. The molecule has 0 aromatic rings. The van der Waals surface area contributed by atoms with E-state index in [1.54, 1.807) is 0 Å². The lowest BCUT2D eigenvalue weighted by atomic mass is 10.5. The van der Waals surface area contributed by atoms with E-state index < -0.39 is 11.3 Å².